The highest BCUT2D eigenvalue weighted by Gasteiger charge is 2.28. The van der Waals surface area contributed by atoms with Crippen LogP contribution >= 0.6 is 11.6 Å². The molecule has 1 amide bonds. The highest BCUT2D eigenvalue weighted by molar-refractivity contribution is 6.31. The fraction of sp³-hybridized carbons (Fsp3) is 0.286. The quantitative estimate of drug-likeness (QED) is 0.210. The minimum Gasteiger partial charge on any atom is -0.478 e. The first-order chi connectivity index (χ1) is 18.6. The SMILES string of the molecule is CCOC(=O)/C=C/CNCCCCN1c2ccccc2C(=O)N(C)c2ccc(Cl)cc21.O=C(O)/C=C\C(=O)O. The van der Waals surface area contributed by atoms with Crippen LogP contribution in [0.5, 0.6) is 0 Å². The molecule has 0 atom stereocenters. The van der Waals surface area contributed by atoms with Crippen LogP contribution in [0, 0.1) is 0 Å². The Hall–Kier alpha value is -4.15. The molecule has 2 aromatic rings. The number of benzene rings is 2. The molecule has 10 nitrogen and oxygen atoms in total. The van der Waals surface area contributed by atoms with Crippen molar-refractivity contribution in [2.45, 2.75) is 19.8 Å². The summed E-state index contributed by atoms with van der Waals surface area (Å²) in [5.41, 5.74) is 3.34. The van der Waals surface area contributed by atoms with Gasteiger partial charge in [0.05, 0.1) is 29.2 Å². The van der Waals surface area contributed by atoms with Crippen molar-refractivity contribution in [2.75, 3.05) is 43.1 Å². The molecular weight excluding hydrogens is 526 g/mol. The Labute approximate surface area is 232 Å². The van der Waals surface area contributed by atoms with Gasteiger partial charge in [0, 0.05) is 43.4 Å². The lowest BCUT2D eigenvalue weighted by Gasteiger charge is -2.27. The predicted octanol–water partition coefficient (Wildman–Crippen LogP) is 4.27. The summed E-state index contributed by atoms with van der Waals surface area (Å²) in [5.74, 6) is -2.86. The number of nitrogens with one attached hydrogen (secondary N) is 1. The minimum absolute atomic E-state index is 0.0308. The highest BCUT2D eigenvalue weighted by atomic mass is 35.5. The number of unbranched alkanes of at least 4 members (excludes halogenated alkanes) is 1. The van der Waals surface area contributed by atoms with E-state index in [0.717, 1.165) is 43.0 Å². The first kappa shape index (κ1) is 31.1. The average molecular weight is 558 g/mol. The number of carbonyl (C=O) groups excluding carboxylic acids is 2. The zero-order chi connectivity index (χ0) is 28.8. The molecule has 0 saturated carbocycles. The number of ether oxygens (including phenoxy) is 1. The second-order valence-corrected chi connectivity index (χ2v) is 8.68. The number of amides is 1. The van der Waals surface area contributed by atoms with Crippen LogP contribution in [0.3, 0.4) is 0 Å². The minimum atomic E-state index is -1.26. The molecule has 0 fully saturated rings. The number of esters is 1. The van der Waals surface area contributed by atoms with Crippen LogP contribution in [0.2, 0.25) is 5.02 Å². The van der Waals surface area contributed by atoms with E-state index in [1.165, 1.54) is 6.08 Å². The Kier molecular flexibility index (Phi) is 12.7. The Morgan fingerprint density at radius 2 is 1.67 bits per heavy atom. The monoisotopic (exact) mass is 557 g/mol. The van der Waals surface area contributed by atoms with Crippen LogP contribution in [-0.2, 0) is 19.1 Å². The van der Waals surface area contributed by atoms with Gasteiger partial charge in [-0.15, -0.1) is 0 Å². The summed E-state index contributed by atoms with van der Waals surface area (Å²) in [6, 6.07) is 13.3. The van der Waals surface area contributed by atoms with Gasteiger partial charge in [-0.05, 0) is 56.6 Å². The van der Waals surface area contributed by atoms with Crippen LogP contribution in [0.25, 0.3) is 0 Å². The summed E-state index contributed by atoms with van der Waals surface area (Å²) < 4.78 is 4.85. The van der Waals surface area contributed by atoms with Crippen LogP contribution < -0.4 is 15.1 Å². The predicted molar refractivity (Wildman–Crippen MR) is 150 cm³/mol. The topological polar surface area (TPSA) is 136 Å². The van der Waals surface area contributed by atoms with Crippen molar-refractivity contribution in [2.24, 2.45) is 0 Å². The van der Waals surface area contributed by atoms with Gasteiger partial charge in [0.2, 0.25) is 0 Å². The van der Waals surface area contributed by atoms with E-state index in [0.29, 0.717) is 35.9 Å². The van der Waals surface area contributed by atoms with Gasteiger partial charge in [0.15, 0.2) is 0 Å². The molecule has 1 heterocycles. The van der Waals surface area contributed by atoms with E-state index >= 15 is 0 Å². The second-order valence-electron chi connectivity index (χ2n) is 8.24. The molecule has 0 radical (unpaired) electrons. The Bertz CT molecular complexity index is 1210. The van der Waals surface area contributed by atoms with Crippen LogP contribution in [0.15, 0.2) is 66.8 Å². The maximum atomic E-state index is 13.0. The number of halogens is 1. The fourth-order valence-electron chi connectivity index (χ4n) is 3.74. The summed E-state index contributed by atoms with van der Waals surface area (Å²) in [7, 11) is 1.79. The van der Waals surface area contributed by atoms with Crippen molar-refractivity contribution >= 4 is 52.5 Å². The number of carbonyl (C=O) groups is 4. The maximum Gasteiger partial charge on any atom is 0.330 e. The summed E-state index contributed by atoms with van der Waals surface area (Å²) in [5, 5.41) is 19.6. The van der Waals surface area contributed by atoms with Crippen molar-refractivity contribution < 1.29 is 34.1 Å². The average Bonchev–Trinajstić information content (AvgIpc) is 2.98. The fourth-order valence-corrected chi connectivity index (χ4v) is 3.91. The number of anilines is 3. The number of para-hydroxylation sites is 1. The molecule has 2 aromatic carbocycles. The van der Waals surface area contributed by atoms with Crippen LogP contribution in [0.4, 0.5) is 17.1 Å². The first-order valence-electron chi connectivity index (χ1n) is 12.3. The van der Waals surface area contributed by atoms with Gasteiger partial charge in [0.25, 0.3) is 5.91 Å². The van der Waals surface area contributed by atoms with Gasteiger partial charge in [-0.3, -0.25) is 4.79 Å². The normalized spacial score (nSPS) is 12.4. The summed E-state index contributed by atoms with van der Waals surface area (Å²) in [4.78, 5) is 47.3. The Morgan fingerprint density at radius 1 is 0.974 bits per heavy atom. The van der Waals surface area contributed by atoms with Crippen molar-refractivity contribution in [3.05, 3.63) is 77.4 Å². The molecule has 0 saturated heterocycles. The molecule has 3 N–H and O–H groups in total. The van der Waals surface area contributed by atoms with Crippen molar-refractivity contribution in [1.82, 2.24) is 5.32 Å². The number of fused-ring (bicyclic) bond motifs is 2. The van der Waals surface area contributed by atoms with E-state index < -0.39 is 11.9 Å². The molecule has 0 aliphatic carbocycles. The number of aliphatic carboxylic acids is 2. The van der Waals surface area contributed by atoms with E-state index in [2.05, 4.69) is 10.2 Å². The third-order valence-corrected chi connectivity index (χ3v) is 5.71. The largest absolute Gasteiger partial charge is 0.478 e. The third kappa shape index (κ3) is 9.91. The van der Waals surface area contributed by atoms with E-state index in [9.17, 15) is 19.2 Å². The Balaban J connectivity index is 0.000000580. The first-order valence-corrected chi connectivity index (χ1v) is 12.7. The molecule has 1 aliphatic heterocycles. The summed E-state index contributed by atoms with van der Waals surface area (Å²) in [6.45, 7) is 4.36. The Morgan fingerprint density at radius 3 is 2.33 bits per heavy atom. The number of carboxylic acid groups (broad SMARTS) is 2. The molecule has 0 bridgehead atoms. The molecule has 11 heteroatoms. The summed E-state index contributed by atoms with van der Waals surface area (Å²) >= 11 is 6.30. The maximum absolute atomic E-state index is 13.0. The number of hydrogen-bond acceptors (Lipinski definition) is 7. The van der Waals surface area contributed by atoms with Crippen molar-refractivity contribution in [1.29, 1.82) is 0 Å². The molecule has 39 heavy (non-hydrogen) atoms. The van der Waals surface area contributed by atoms with Gasteiger partial charge < -0.3 is 30.1 Å². The zero-order valence-corrected chi connectivity index (χ0v) is 22.6. The number of carboxylic acids is 2. The number of nitrogens with zero attached hydrogens (tertiary/aromatic N) is 2. The zero-order valence-electron chi connectivity index (χ0n) is 21.8. The third-order valence-electron chi connectivity index (χ3n) is 5.48. The molecule has 1 aliphatic rings. The van der Waals surface area contributed by atoms with E-state index in [1.807, 2.05) is 42.5 Å². The molecule has 0 aromatic heterocycles. The standard InChI is InChI=1S/C24H28ClN3O3.C4H4O4/c1-3-31-23(29)11-8-15-26-14-6-7-16-28-20-10-5-4-9-19(20)24(30)27(2)21-13-12-18(25)17-22(21)28;5-3(6)1-2-4(7)8/h4-5,8-13,17,26H,3,6-7,14-16H2,1-2H3;1-2H,(H,5,6)(H,7,8)/b11-8+;2-1-. The lowest BCUT2D eigenvalue weighted by molar-refractivity contribution is -0.137. The van der Waals surface area contributed by atoms with Crippen molar-refractivity contribution in [3.8, 4) is 0 Å². The van der Waals surface area contributed by atoms with E-state index in [4.69, 9.17) is 26.6 Å². The molecule has 3 rings (SSSR count). The molecule has 208 valence electrons. The van der Waals surface area contributed by atoms with Gasteiger partial charge in [-0.2, -0.15) is 0 Å². The van der Waals surface area contributed by atoms with E-state index in [-0.39, 0.29) is 11.9 Å². The molecule has 0 spiro atoms. The molecule has 0 unspecified atom stereocenters. The van der Waals surface area contributed by atoms with Crippen molar-refractivity contribution in [3.63, 3.8) is 0 Å². The van der Waals surface area contributed by atoms with Gasteiger partial charge in [-0.25, -0.2) is 14.4 Å². The second kappa shape index (κ2) is 16.0. The van der Waals surface area contributed by atoms with Gasteiger partial charge in [0.1, 0.15) is 0 Å². The lowest BCUT2D eigenvalue weighted by atomic mass is 10.1. The number of hydrogen-bond donors (Lipinski definition) is 3. The van der Waals surface area contributed by atoms with Crippen LogP contribution in [-0.4, -0.2) is 67.3 Å². The highest BCUT2D eigenvalue weighted by Crippen LogP contribution is 2.41. The van der Waals surface area contributed by atoms with Gasteiger partial charge >= 0.3 is 17.9 Å². The number of rotatable bonds is 11. The lowest BCUT2D eigenvalue weighted by Crippen LogP contribution is -2.25. The van der Waals surface area contributed by atoms with Gasteiger partial charge in [-0.1, -0.05) is 29.8 Å². The smallest absolute Gasteiger partial charge is 0.330 e. The summed E-state index contributed by atoms with van der Waals surface area (Å²) in [6.07, 6.45) is 6.20. The van der Waals surface area contributed by atoms with Crippen LogP contribution in [0.1, 0.15) is 30.1 Å². The van der Waals surface area contributed by atoms with E-state index in [1.54, 1.807) is 24.9 Å². The molecular formula is C28H32ClN3O7.